The van der Waals surface area contributed by atoms with Crippen molar-refractivity contribution in [1.82, 2.24) is 14.5 Å². The number of carbonyl (C=O) groups excluding carboxylic acids is 1. The zero-order chi connectivity index (χ0) is 26.6. The molecule has 9 heteroatoms. The Bertz CT molecular complexity index is 1330. The summed E-state index contributed by atoms with van der Waals surface area (Å²) in [6.45, 7) is 10.4. The Balaban J connectivity index is 1.64. The first kappa shape index (κ1) is 26.3. The van der Waals surface area contributed by atoms with Gasteiger partial charge in [-0.2, -0.15) is 0 Å². The molecule has 1 aliphatic rings. The lowest BCUT2D eigenvalue weighted by Gasteiger charge is -2.29. The predicted molar refractivity (Wildman–Crippen MR) is 147 cm³/mol. The van der Waals surface area contributed by atoms with Gasteiger partial charge in [-0.1, -0.05) is 23.8 Å². The molecule has 1 fully saturated rings. The fourth-order valence-corrected chi connectivity index (χ4v) is 4.22. The SMILES string of the molecule is Cc1cccc(/C(N)=C/C=Nc2cc(N3CCOCC3)c3nc(CCC(=O)OC(C)(C)C)n(C)c3n2)c1. The van der Waals surface area contributed by atoms with Crippen molar-refractivity contribution in [2.45, 2.75) is 46.1 Å². The van der Waals surface area contributed by atoms with Gasteiger partial charge < -0.3 is 24.7 Å². The van der Waals surface area contributed by atoms with Gasteiger partial charge in [-0.15, -0.1) is 0 Å². The molecule has 3 aromatic rings. The first-order valence-corrected chi connectivity index (χ1v) is 12.6. The summed E-state index contributed by atoms with van der Waals surface area (Å²) < 4.78 is 12.9. The van der Waals surface area contributed by atoms with Crippen LogP contribution in [0.3, 0.4) is 0 Å². The van der Waals surface area contributed by atoms with Crippen LogP contribution in [0.25, 0.3) is 16.9 Å². The molecule has 4 rings (SSSR count). The summed E-state index contributed by atoms with van der Waals surface area (Å²) in [5, 5.41) is 0. The Kier molecular flexibility index (Phi) is 7.92. The number of fused-ring (bicyclic) bond motifs is 1. The molecule has 2 N–H and O–H groups in total. The number of carbonyl (C=O) groups is 1. The predicted octanol–water partition coefficient (Wildman–Crippen LogP) is 4.09. The second-order valence-corrected chi connectivity index (χ2v) is 10.2. The van der Waals surface area contributed by atoms with Crippen molar-refractivity contribution in [1.29, 1.82) is 0 Å². The molecule has 0 saturated carbocycles. The monoisotopic (exact) mass is 504 g/mol. The number of nitrogens with two attached hydrogens (primary N) is 1. The minimum atomic E-state index is -0.515. The molecule has 0 amide bonds. The van der Waals surface area contributed by atoms with E-state index in [1.54, 1.807) is 12.3 Å². The molecule has 9 nitrogen and oxygen atoms in total. The maximum atomic E-state index is 12.3. The Morgan fingerprint density at radius 2 is 1.97 bits per heavy atom. The van der Waals surface area contributed by atoms with Crippen LogP contribution in [0.1, 0.15) is 44.1 Å². The first-order valence-electron chi connectivity index (χ1n) is 12.6. The molecule has 1 aliphatic heterocycles. The van der Waals surface area contributed by atoms with E-state index in [1.807, 2.05) is 69.6 Å². The van der Waals surface area contributed by atoms with E-state index in [4.69, 9.17) is 25.2 Å². The highest BCUT2D eigenvalue weighted by Crippen LogP contribution is 2.30. The van der Waals surface area contributed by atoms with Crippen molar-refractivity contribution < 1.29 is 14.3 Å². The van der Waals surface area contributed by atoms with E-state index in [9.17, 15) is 4.79 Å². The highest BCUT2D eigenvalue weighted by atomic mass is 16.6. The Hall–Kier alpha value is -3.72. The van der Waals surface area contributed by atoms with Crippen molar-refractivity contribution in [2.75, 3.05) is 31.2 Å². The molecule has 0 spiro atoms. The van der Waals surface area contributed by atoms with Gasteiger partial charge >= 0.3 is 5.97 Å². The van der Waals surface area contributed by atoms with Crippen LogP contribution in [-0.4, -0.2) is 58.6 Å². The van der Waals surface area contributed by atoms with Gasteiger partial charge in [0.25, 0.3) is 0 Å². The molecule has 2 aromatic heterocycles. The number of hydrogen-bond acceptors (Lipinski definition) is 8. The normalized spacial score (nSPS) is 15.1. The van der Waals surface area contributed by atoms with Gasteiger partial charge in [-0.3, -0.25) is 4.79 Å². The summed E-state index contributed by atoms with van der Waals surface area (Å²) in [4.78, 5) is 28.8. The lowest BCUT2D eigenvalue weighted by molar-refractivity contribution is -0.154. The van der Waals surface area contributed by atoms with Crippen LogP contribution in [-0.2, 0) is 27.7 Å². The average molecular weight is 505 g/mol. The third kappa shape index (κ3) is 6.74. The number of morpholine rings is 1. The van der Waals surface area contributed by atoms with Gasteiger partial charge in [0.1, 0.15) is 16.9 Å². The topological polar surface area (TPSA) is 108 Å². The van der Waals surface area contributed by atoms with Gasteiger partial charge in [0.05, 0.1) is 25.3 Å². The number of aromatic nitrogens is 3. The fourth-order valence-electron chi connectivity index (χ4n) is 4.22. The number of pyridine rings is 1. The number of anilines is 1. The minimum Gasteiger partial charge on any atom is -0.460 e. The maximum absolute atomic E-state index is 12.3. The summed E-state index contributed by atoms with van der Waals surface area (Å²) >= 11 is 0. The first-order chi connectivity index (χ1) is 17.6. The summed E-state index contributed by atoms with van der Waals surface area (Å²) in [6.07, 6.45) is 4.16. The molecule has 0 aliphatic carbocycles. The number of allylic oxidation sites excluding steroid dienone is 1. The zero-order valence-electron chi connectivity index (χ0n) is 22.3. The Labute approximate surface area is 218 Å². The van der Waals surface area contributed by atoms with Crippen molar-refractivity contribution in [2.24, 2.45) is 17.8 Å². The van der Waals surface area contributed by atoms with Crippen molar-refractivity contribution in [3.8, 4) is 0 Å². The Morgan fingerprint density at radius 3 is 2.68 bits per heavy atom. The molecular formula is C28H36N6O3. The average Bonchev–Trinajstić information content (AvgIpc) is 3.17. The van der Waals surface area contributed by atoms with Crippen molar-refractivity contribution in [3.05, 3.63) is 53.4 Å². The molecule has 3 heterocycles. The minimum absolute atomic E-state index is 0.245. The maximum Gasteiger partial charge on any atom is 0.306 e. The highest BCUT2D eigenvalue weighted by molar-refractivity contribution is 5.90. The quantitative estimate of drug-likeness (QED) is 0.381. The summed E-state index contributed by atoms with van der Waals surface area (Å²) in [7, 11) is 1.92. The van der Waals surface area contributed by atoms with Gasteiger partial charge in [0, 0.05) is 44.5 Å². The van der Waals surface area contributed by atoms with E-state index in [-0.39, 0.29) is 12.4 Å². The van der Waals surface area contributed by atoms with E-state index in [0.29, 0.717) is 36.8 Å². The van der Waals surface area contributed by atoms with Crippen LogP contribution >= 0.6 is 0 Å². The Morgan fingerprint density at radius 1 is 1.22 bits per heavy atom. The smallest absolute Gasteiger partial charge is 0.306 e. The number of hydrogen-bond donors (Lipinski definition) is 1. The van der Waals surface area contributed by atoms with Gasteiger partial charge in [0.2, 0.25) is 0 Å². The van der Waals surface area contributed by atoms with Crippen LogP contribution in [0.5, 0.6) is 0 Å². The number of benzene rings is 1. The molecule has 0 atom stereocenters. The number of esters is 1. The molecule has 37 heavy (non-hydrogen) atoms. The van der Waals surface area contributed by atoms with Crippen LogP contribution in [0.2, 0.25) is 0 Å². The molecule has 1 aromatic carbocycles. The molecule has 196 valence electrons. The van der Waals surface area contributed by atoms with Crippen LogP contribution in [0.15, 0.2) is 41.4 Å². The third-order valence-electron chi connectivity index (χ3n) is 6.02. The van der Waals surface area contributed by atoms with Crippen LogP contribution < -0.4 is 10.6 Å². The van der Waals surface area contributed by atoms with Crippen LogP contribution in [0.4, 0.5) is 11.5 Å². The number of aryl methyl sites for hydroxylation is 3. The second kappa shape index (κ2) is 11.1. The van der Waals surface area contributed by atoms with E-state index in [2.05, 4.69) is 9.89 Å². The van der Waals surface area contributed by atoms with E-state index >= 15 is 0 Å². The molecule has 0 radical (unpaired) electrons. The van der Waals surface area contributed by atoms with Crippen molar-refractivity contribution in [3.63, 3.8) is 0 Å². The standard InChI is InChI=1S/C28H36N6O3/c1-19-7-6-8-20(17-19)21(29)11-12-30-23-18-22(34-13-15-36-16-14-34)26-27(31-23)33(5)24(32-26)9-10-25(35)37-28(2,3)4/h6-8,11-12,17-18H,9-10,13-16,29H2,1-5H3/b21-11-,30-12?. The number of nitrogens with zero attached hydrogens (tertiary/aromatic N) is 5. The zero-order valence-corrected chi connectivity index (χ0v) is 22.3. The molecule has 1 saturated heterocycles. The summed E-state index contributed by atoms with van der Waals surface area (Å²) in [6, 6.07) is 9.98. The van der Waals surface area contributed by atoms with Gasteiger partial charge in [-0.05, 0) is 45.4 Å². The van der Waals surface area contributed by atoms with E-state index in [1.165, 1.54) is 0 Å². The summed E-state index contributed by atoms with van der Waals surface area (Å²) in [5.41, 5.74) is 10.9. The van der Waals surface area contributed by atoms with E-state index in [0.717, 1.165) is 41.2 Å². The third-order valence-corrected chi connectivity index (χ3v) is 6.02. The summed E-state index contributed by atoms with van der Waals surface area (Å²) in [5.74, 6) is 1.08. The number of rotatable bonds is 7. The van der Waals surface area contributed by atoms with Crippen molar-refractivity contribution >= 4 is 40.6 Å². The van der Waals surface area contributed by atoms with Gasteiger partial charge in [-0.25, -0.2) is 15.0 Å². The lowest BCUT2D eigenvalue weighted by atomic mass is 10.1. The molecule has 0 unspecified atom stereocenters. The largest absolute Gasteiger partial charge is 0.460 e. The number of imidazole rings is 1. The fraction of sp³-hybridized carbons (Fsp3) is 0.429. The molecule has 0 bridgehead atoms. The second-order valence-electron chi connectivity index (χ2n) is 10.2. The van der Waals surface area contributed by atoms with E-state index < -0.39 is 5.60 Å². The van der Waals surface area contributed by atoms with Gasteiger partial charge in [0.15, 0.2) is 11.5 Å². The number of aliphatic imine (C=N–C) groups is 1. The van der Waals surface area contributed by atoms with Crippen LogP contribution in [0, 0.1) is 6.92 Å². The highest BCUT2D eigenvalue weighted by Gasteiger charge is 2.22. The molecular weight excluding hydrogens is 468 g/mol. The number of ether oxygens (including phenoxy) is 2. The lowest BCUT2D eigenvalue weighted by Crippen LogP contribution is -2.36.